The van der Waals surface area contributed by atoms with Gasteiger partial charge in [-0.05, 0) is 31.0 Å². The number of nitrogens with zero attached hydrogens (tertiary/aromatic N) is 1. The molecule has 0 aliphatic carbocycles. The molecule has 1 aromatic rings. The lowest BCUT2D eigenvalue weighted by Gasteiger charge is -2.05. The van der Waals surface area contributed by atoms with Crippen LogP contribution in [0.15, 0.2) is 18.2 Å². The van der Waals surface area contributed by atoms with E-state index in [0.29, 0.717) is 19.4 Å². The second-order valence-corrected chi connectivity index (χ2v) is 3.93. The average molecular weight is 255 g/mol. The van der Waals surface area contributed by atoms with Gasteiger partial charge in [0.25, 0.3) is 5.91 Å². The lowest BCUT2D eigenvalue weighted by atomic mass is 10.2. The van der Waals surface area contributed by atoms with Crippen molar-refractivity contribution in [1.82, 2.24) is 5.32 Å². The Bertz CT molecular complexity index is 443. The summed E-state index contributed by atoms with van der Waals surface area (Å²) in [6.07, 6.45) is 1.89. The first kappa shape index (κ1) is 13.5. The number of hydrogen-bond donors (Lipinski definition) is 1. The lowest BCUT2D eigenvalue weighted by molar-refractivity contribution is 0.0949. The molecule has 0 saturated heterocycles. The predicted molar refractivity (Wildman–Crippen MR) is 63.2 cm³/mol. The molecule has 1 aromatic carbocycles. The maximum absolute atomic E-state index is 13.3. The van der Waals surface area contributed by atoms with Crippen LogP contribution in [0.4, 0.5) is 4.39 Å². The van der Waals surface area contributed by atoms with Gasteiger partial charge in [0.2, 0.25) is 0 Å². The third-order valence-electron chi connectivity index (χ3n) is 2.18. The van der Waals surface area contributed by atoms with E-state index in [2.05, 4.69) is 5.32 Å². The van der Waals surface area contributed by atoms with Gasteiger partial charge in [-0.2, -0.15) is 5.26 Å². The van der Waals surface area contributed by atoms with E-state index in [1.165, 1.54) is 12.1 Å². The first-order valence-electron chi connectivity index (χ1n) is 5.25. The van der Waals surface area contributed by atoms with Crippen LogP contribution in [0, 0.1) is 17.1 Å². The highest BCUT2D eigenvalue weighted by Crippen LogP contribution is 2.14. The van der Waals surface area contributed by atoms with Crippen LogP contribution >= 0.6 is 11.6 Å². The van der Waals surface area contributed by atoms with E-state index in [0.717, 1.165) is 12.5 Å². The molecule has 0 fully saturated rings. The standard InChI is InChI=1S/C12H12ClFN2O/c13-9-4-5-10(11(14)8-9)12(17)16-7-3-1-2-6-15/h4-5,8H,1-3,7H2,(H,16,17). The van der Waals surface area contributed by atoms with Gasteiger partial charge in [0.05, 0.1) is 11.6 Å². The van der Waals surface area contributed by atoms with Crippen LogP contribution < -0.4 is 5.32 Å². The zero-order valence-corrected chi connectivity index (χ0v) is 9.93. The molecular formula is C12H12ClFN2O. The molecule has 0 aliphatic rings. The fourth-order valence-corrected chi connectivity index (χ4v) is 1.46. The number of hydrogen-bond acceptors (Lipinski definition) is 2. The maximum Gasteiger partial charge on any atom is 0.254 e. The van der Waals surface area contributed by atoms with Crippen LogP contribution in [0.1, 0.15) is 29.6 Å². The maximum atomic E-state index is 13.3. The van der Waals surface area contributed by atoms with Gasteiger partial charge in [0, 0.05) is 18.0 Å². The number of amides is 1. The molecule has 0 spiro atoms. The molecule has 17 heavy (non-hydrogen) atoms. The molecule has 1 rings (SSSR count). The van der Waals surface area contributed by atoms with Crippen LogP contribution in [0.5, 0.6) is 0 Å². The number of carbonyl (C=O) groups is 1. The summed E-state index contributed by atoms with van der Waals surface area (Å²) in [7, 11) is 0. The number of rotatable bonds is 5. The Morgan fingerprint density at radius 3 is 2.88 bits per heavy atom. The van der Waals surface area contributed by atoms with Crippen molar-refractivity contribution in [3.8, 4) is 6.07 Å². The second-order valence-electron chi connectivity index (χ2n) is 3.50. The van der Waals surface area contributed by atoms with Crippen molar-refractivity contribution in [1.29, 1.82) is 5.26 Å². The highest BCUT2D eigenvalue weighted by molar-refractivity contribution is 6.30. The largest absolute Gasteiger partial charge is 0.352 e. The molecule has 0 aromatic heterocycles. The molecule has 0 bridgehead atoms. The van der Waals surface area contributed by atoms with E-state index in [1.807, 2.05) is 6.07 Å². The average Bonchev–Trinajstić information content (AvgIpc) is 2.28. The van der Waals surface area contributed by atoms with Crippen molar-refractivity contribution in [2.45, 2.75) is 19.3 Å². The smallest absolute Gasteiger partial charge is 0.254 e. The zero-order valence-electron chi connectivity index (χ0n) is 9.17. The zero-order chi connectivity index (χ0) is 12.7. The molecule has 0 unspecified atom stereocenters. The third kappa shape index (κ3) is 4.41. The number of halogens is 2. The summed E-state index contributed by atoms with van der Waals surface area (Å²) in [5, 5.41) is 11.2. The molecule has 0 saturated carbocycles. The predicted octanol–water partition coefficient (Wildman–Crippen LogP) is 2.90. The SMILES string of the molecule is N#CCCCCNC(=O)c1ccc(Cl)cc1F. The molecule has 3 nitrogen and oxygen atoms in total. The summed E-state index contributed by atoms with van der Waals surface area (Å²) in [5.74, 6) is -1.09. The summed E-state index contributed by atoms with van der Waals surface area (Å²) >= 11 is 5.58. The summed E-state index contributed by atoms with van der Waals surface area (Å²) in [6, 6.07) is 5.94. The van der Waals surface area contributed by atoms with E-state index in [1.54, 1.807) is 0 Å². The fourth-order valence-electron chi connectivity index (χ4n) is 1.30. The van der Waals surface area contributed by atoms with E-state index in [-0.39, 0.29) is 10.6 Å². The highest BCUT2D eigenvalue weighted by atomic mass is 35.5. The van der Waals surface area contributed by atoms with Crippen LogP contribution in [0.2, 0.25) is 5.02 Å². The van der Waals surface area contributed by atoms with Crippen molar-refractivity contribution < 1.29 is 9.18 Å². The molecule has 90 valence electrons. The minimum absolute atomic E-state index is 0.0188. The van der Waals surface area contributed by atoms with E-state index in [9.17, 15) is 9.18 Å². The molecule has 0 radical (unpaired) electrons. The van der Waals surface area contributed by atoms with Crippen LogP contribution in [-0.2, 0) is 0 Å². The molecular weight excluding hydrogens is 243 g/mol. The van der Waals surface area contributed by atoms with Gasteiger partial charge in [-0.15, -0.1) is 0 Å². The number of nitrogens with one attached hydrogen (secondary N) is 1. The summed E-state index contributed by atoms with van der Waals surface area (Å²) in [6.45, 7) is 0.433. The van der Waals surface area contributed by atoms with Gasteiger partial charge < -0.3 is 5.32 Å². The van der Waals surface area contributed by atoms with Crippen molar-refractivity contribution in [3.63, 3.8) is 0 Å². The number of unbranched alkanes of at least 4 members (excludes halogenated alkanes) is 2. The second kappa shape index (κ2) is 6.87. The highest BCUT2D eigenvalue weighted by Gasteiger charge is 2.10. The Morgan fingerprint density at radius 2 is 2.24 bits per heavy atom. The lowest BCUT2D eigenvalue weighted by Crippen LogP contribution is -2.25. The molecule has 5 heteroatoms. The first-order chi connectivity index (χ1) is 8.15. The number of carbonyl (C=O) groups excluding carboxylic acids is 1. The van der Waals surface area contributed by atoms with E-state index in [4.69, 9.17) is 16.9 Å². The Labute approximate surface area is 104 Å². The van der Waals surface area contributed by atoms with Gasteiger partial charge >= 0.3 is 0 Å². The quantitative estimate of drug-likeness (QED) is 0.822. The Hall–Kier alpha value is -1.60. The van der Waals surface area contributed by atoms with E-state index < -0.39 is 11.7 Å². The van der Waals surface area contributed by atoms with Crippen LogP contribution in [-0.4, -0.2) is 12.5 Å². The van der Waals surface area contributed by atoms with Gasteiger partial charge in [0.15, 0.2) is 0 Å². The van der Waals surface area contributed by atoms with Gasteiger partial charge in [-0.25, -0.2) is 4.39 Å². The van der Waals surface area contributed by atoms with Crippen LogP contribution in [0.25, 0.3) is 0 Å². The minimum atomic E-state index is -0.632. The van der Waals surface area contributed by atoms with Crippen LogP contribution in [0.3, 0.4) is 0 Å². The number of nitriles is 1. The summed E-state index contributed by atoms with van der Waals surface area (Å²) < 4.78 is 13.3. The summed E-state index contributed by atoms with van der Waals surface area (Å²) in [5.41, 5.74) is -0.0188. The third-order valence-corrected chi connectivity index (χ3v) is 2.41. The first-order valence-corrected chi connectivity index (χ1v) is 5.63. The fraction of sp³-hybridized carbons (Fsp3) is 0.333. The van der Waals surface area contributed by atoms with Crippen molar-refractivity contribution in [2.75, 3.05) is 6.54 Å². The van der Waals surface area contributed by atoms with Gasteiger partial charge in [-0.1, -0.05) is 11.6 Å². The Kier molecular flexibility index (Phi) is 5.44. The van der Waals surface area contributed by atoms with Gasteiger partial charge in [0.1, 0.15) is 5.82 Å². The molecule has 0 atom stereocenters. The van der Waals surface area contributed by atoms with Crippen molar-refractivity contribution in [2.24, 2.45) is 0 Å². The molecule has 1 amide bonds. The molecule has 0 aliphatic heterocycles. The number of benzene rings is 1. The topological polar surface area (TPSA) is 52.9 Å². The van der Waals surface area contributed by atoms with Gasteiger partial charge in [-0.3, -0.25) is 4.79 Å². The monoisotopic (exact) mass is 254 g/mol. The Balaban J connectivity index is 2.45. The normalized spacial score (nSPS) is 9.71. The van der Waals surface area contributed by atoms with E-state index >= 15 is 0 Å². The molecule has 1 N–H and O–H groups in total. The molecule has 0 heterocycles. The minimum Gasteiger partial charge on any atom is -0.352 e. The summed E-state index contributed by atoms with van der Waals surface area (Å²) in [4.78, 5) is 11.6. The van der Waals surface area contributed by atoms with Crippen molar-refractivity contribution in [3.05, 3.63) is 34.6 Å². The van der Waals surface area contributed by atoms with Crippen molar-refractivity contribution >= 4 is 17.5 Å². The Morgan fingerprint density at radius 1 is 1.47 bits per heavy atom.